The van der Waals surface area contributed by atoms with Gasteiger partial charge >= 0.3 is 0 Å². The van der Waals surface area contributed by atoms with Crippen LogP contribution in [0.1, 0.15) is 58.8 Å². The molecule has 0 aliphatic heterocycles. The van der Waals surface area contributed by atoms with Gasteiger partial charge in [-0.15, -0.1) is 0 Å². The molecule has 0 saturated heterocycles. The van der Waals surface area contributed by atoms with Crippen molar-refractivity contribution < 1.29 is 9.90 Å². The molecule has 17 heavy (non-hydrogen) atoms. The second-order valence-corrected chi connectivity index (χ2v) is 5.66. The highest BCUT2D eigenvalue weighted by molar-refractivity contribution is 5.76. The van der Waals surface area contributed by atoms with Crippen LogP contribution in [0.4, 0.5) is 0 Å². The van der Waals surface area contributed by atoms with Gasteiger partial charge in [0.1, 0.15) is 0 Å². The molecule has 1 saturated carbocycles. The number of nitrogens with one attached hydrogen (secondary N) is 1. The molecule has 1 amide bonds. The Bertz CT molecular complexity index is 220. The normalized spacial score (nSPS) is 20.0. The van der Waals surface area contributed by atoms with Crippen molar-refractivity contribution >= 4 is 5.91 Å². The van der Waals surface area contributed by atoms with E-state index in [9.17, 15) is 9.90 Å². The lowest BCUT2D eigenvalue weighted by atomic mass is 9.95. The number of amides is 1. The number of aliphatic hydroxyl groups is 1. The summed E-state index contributed by atoms with van der Waals surface area (Å²) in [4.78, 5) is 11.9. The fourth-order valence-corrected chi connectivity index (χ4v) is 2.52. The Morgan fingerprint density at radius 3 is 2.29 bits per heavy atom. The molecule has 3 heteroatoms. The number of hydrogen-bond donors (Lipinski definition) is 2. The first-order valence-electron chi connectivity index (χ1n) is 7.03. The monoisotopic (exact) mass is 241 g/mol. The molecule has 0 aromatic heterocycles. The second-order valence-electron chi connectivity index (χ2n) is 5.66. The van der Waals surface area contributed by atoms with E-state index >= 15 is 0 Å². The molecule has 100 valence electrons. The zero-order valence-corrected chi connectivity index (χ0v) is 11.2. The summed E-state index contributed by atoms with van der Waals surface area (Å²) >= 11 is 0. The fourth-order valence-electron chi connectivity index (χ4n) is 2.52. The molecule has 1 unspecified atom stereocenters. The molecule has 0 aromatic carbocycles. The molecule has 1 atom stereocenters. The van der Waals surface area contributed by atoms with Crippen LogP contribution >= 0.6 is 0 Å². The molecule has 1 rings (SSSR count). The van der Waals surface area contributed by atoms with Crippen LogP contribution in [0.15, 0.2) is 0 Å². The molecule has 3 nitrogen and oxygen atoms in total. The average molecular weight is 241 g/mol. The minimum absolute atomic E-state index is 0.0358. The lowest BCUT2D eigenvalue weighted by Gasteiger charge is -2.21. The highest BCUT2D eigenvalue weighted by Crippen LogP contribution is 2.25. The first-order valence-corrected chi connectivity index (χ1v) is 7.03. The second kappa shape index (κ2) is 7.70. The molecule has 2 N–H and O–H groups in total. The number of aliphatic hydroxyl groups excluding tert-OH is 1. The maximum atomic E-state index is 11.9. The summed E-state index contributed by atoms with van der Waals surface area (Å²) in [6, 6.07) is -0.0896. The van der Waals surface area contributed by atoms with Gasteiger partial charge in [0.15, 0.2) is 0 Å². The zero-order valence-electron chi connectivity index (χ0n) is 11.2. The third-order valence-corrected chi connectivity index (χ3v) is 3.80. The van der Waals surface area contributed by atoms with Crippen LogP contribution in [0.3, 0.4) is 0 Å². The minimum atomic E-state index is -0.0896. The summed E-state index contributed by atoms with van der Waals surface area (Å²) in [5, 5.41) is 12.1. The number of carbonyl (C=O) groups is 1. The number of carbonyl (C=O) groups excluding carboxylic acids is 1. The van der Waals surface area contributed by atoms with Crippen molar-refractivity contribution in [3.8, 4) is 0 Å². The Morgan fingerprint density at radius 1 is 1.24 bits per heavy atom. The van der Waals surface area contributed by atoms with E-state index in [0.717, 1.165) is 0 Å². The first kappa shape index (κ1) is 14.5. The molecule has 0 heterocycles. The molecule has 0 spiro atoms. The average Bonchev–Trinajstić information content (AvgIpc) is 2.54. The third kappa shape index (κ3) is 5.53. The van der Waals surface area contributed by atoms with Gasteiger partial charge in [0.25, 0.3) is 0 Å². The van der Waals surface area contributed by atoms with Gasteiger partial charge in [0, 0.05) is 6.42 Å². The Balaban J connectivity index is 2.32. The molecular weight excluding hydrogens is 214 g/mol. The standard InChI is InChI=1S/C14H27NO2/c1-11(2)13(10-16)15-14(17)9-12-7-5-3-4-6-8-12/h11-13,16H,3-10H2,1-2H3,(H,15,17). The fraction of sp³-hybridized carbons (Fsp3) is 0.929. The molecule has 1 aliphatic carbocycles. The third-order valence-electron chi connectivity index (χ3n) is 3.80. The van der Waals surface area contributed by atoms with Crippen molar-refractivity contribution in [2.75, 3.05) is 6.61 Å². The molecule has 0 radical (unpaired) electrons. The summed E-state index contributed by atoms with van der Waals surface area (Å²) < 4.78 is 0. The lowest BCUT2D eigenvalue weighted by molar-refractivity contribution is -0.123. The lowest BCUT2D eigenvalue weighted by Crippen LogP contribution is -2.41. The highest BCUT2D eigenvalue weighted by Gasteiger charge is 2.19. The molecule has 0 bridgehead atoms. The highest BCUT2D eigenvalue weighted by atomic mass is 16.3. The van der Waals surface area contributed by atoms with E-state index in [0.29, 0.717) is 12.3 Å². The van der Waals surface area contributed by atoms with E-state index in [2.05, 4.69) is 5.32 Å². The largest absolute Gasteiger partial charge is 0.394 e. The van der Waals surface area contributed by atoms with Gasteiger partial charge in [-0.2, -0.15) is 0 Å². The topological polar surface area (TPSA) is 49.3 Å². The Labute approximate surface area is 105 Å². The number of rotatable bonds is 5. The van der Waals surface area contributed by atoms with Gasteiger partial charge in [-0.1, -0.05) is 39.5 Å². The Kier molecular flexibility index (Phi) is 6.56. The summed E-state index contributed by atoms with van der Waals surface area (Å²) in [6.45, 7) is 4.08. The van der Waals surface area contributed by atoms with Crippen LogP contribution in [-0.2, 0) is 4.79 Å². The molecule has 1 aliphatic rings. The Morgan fingerprint density at radius 2 is 1.82 bits per heavy atom. The molecule has 0 aromatic rings. The van der Waals surface area contributed by atoms with Crippen LogP contribution in [0.5, 0.6) is 0 Å². The predicted molar refractivity (Wildman–Crippen MR) is 69.7 cm³/mol. The van der Waals surface area contributed by atoms with Crippen LogP contribution in [-0.4, -0.2) is 23.7 Å². The van der Waals surface area contributed by atoms with Crippen LogP contribution in [0, 0.1) is 11.8 Å². The van der Waals surface area contributed by atoms with Gasteiger partial charge in [0.05, 0.1) is 12.6 Å². The van der Waals surface area contributed by atoms with Gasteiger partial charge < -0.3 is 10.4 Å². The van der Waals surface area contributed by atoms with Gasteiger partial charge in [-0.25, -0.2) is 0 Å². The van der Waals surface area contributed by atoms with Crippen molar-refractivity contribution in [3.05, 3.63) is 0 Å². The van der Waals surface area contributed by atoms with Crippen LogP contribution < -0.4 is 5.32 Å². The van der Waals surface area contributed by atoms with E-state index < -0.39 is 0 Å². The van der Waals surface area contributed by atoms with Crippen LogP contribution in [0.2, 0.25) is 0 Å². The van der Waals surface area contributed by atoms with Crippen molar-refractivity contribution in [1.29, 1.82) is 0 Å². The van der Waals surface area contributed by atoms with E-state index in [1.807, 2.05) is 13.8 Å². The van der Waals surface area contributed by atoms with E-state index in [1.54, 1.807) is 0 Å². The van der Waals surface area contributed by atoms with Gasteiger partial charge in [-0.3, -0.25) is 4.79 Å². The summed E-state index contributed by atoms with van der Waals surface area (Å²) in [5.41, 5.74) is 0. The van der Waals surface area contributed by atoms with Crippen molar-refractivity contribution in [2.45, 2.75) is 64.8 Å². The van der Waals surface area contributed by atoms with E-state index in [1.165, 1.54) is 38.5 Å². The quantitative estimate of drug-likeness (QED) is 0.726. The molecular formula is C14H27NO2. The number of hydrogen-bond acceptors (Lipinski definition) is 2. The van der Waals surface area contributed by atoms with Crippen molar-refractivity contribution in [3.63, 3.8) is 0 Å². The van der Waals surface area contributed by atoms with Gasteiger partial charge in [-0.05, 0) is 24.7 Å². The van der Waals surface area contributed by atoms with Gasteiger partial charge in [0.2, 0.25) is 5.91 Å². The van der Waals surface area contributed by atoms with Crippen molar-refractivity contribution in [2.24, 2.45) is 11.8 Å². The Hall–Kier alpha value is -0.570. The summed E-state index contributed by atoms with van der Waals surface area (Å²) in [6.07, 6.45) is 8.21. The van der Waals surface area contributed by atoms with E-state index in [-0.39, 0.29) is 24.5 Å². The first-order chi connectivity index (χ1) is 8.13. The SMILES string of the molecule is CC(C)C(CO)NC(=O)CC1CCCCCC1. The van der Waals surface area contributed by atoms with Crippen LogP contribution in [0.25, 0.3) is 0 Å². The predicted octanol–water partition coefficient (Wildman–Crippen LogP) is 2.48. The maximum absolute atomic E-state index is 11.9. The molecule has 1 fully saturated rings. The van der Waals surface area contributed by atoms with E-state index in [4.69, 9.17) is 0 Å². The zero-order chi connectivity index (χ0) is 12.7. The summed E-state index contributed by atoms with van der Waals surface area (Å²) in [5.74, 6) is 0.965. The smallest absolute Gasteiger partial charge is 0.220 e. The maximum Gasteiger partial charge on any atom is 0.220 e. The van der Waals surface area contributed by atoms with Crippen molar-refractivity contribution in [1.82, 2.24) is 5.32 Å². The summed E-state index contributed by atoms with van der Waals surface area (Å²) in [7, 11) is 0. The minimum Gasteiger partial charge on any atom is -0.394 e.